The van der Waals surface area contributed by atoms with E-state index in [9.17, 15) is 4.79 Å². The first-order valence-electron chi connectivity index (χ1n) is 6.17. The molecule has 0 bridgehead atoms. The van der Waals surface area contributed by atoms with E-state index in [2.05, 4.69) is 12.2 Å². The van der Waals surface area contributed by atoms with Crippen molar-refractivity contribution in [3.63, 3.8) is 0 Å². The highest BCUT2D eigenvalue weighted by Gasteiger charge is 2.02. The van der Waals surface area contributed by atoms with E-state index < -0.39 is 0 Å². The Balaban J connectivity index is 2.60. The number of hydrogen-bond acceptors (Lipinski definition) is 3. The Morgan fingerprint density at radius 2 is 2.29 bits per heavy atom. The number of ether oxygens (including phenoxy) is 1. The van der Waals surface area contributed by atoms with Crippen LogP contribution in [0.4, 0.5) is 0 Å². The largest absolute Gasteiger partial charge is 0.385 e. The van der Waals surface area contributed by atoms with Gasteiger partial charge in [-0.2, -0.15) is 0 Å². The van der Waals surface area contributed by atoms with Crippen molar-refractivity contribution in [3.8, 4) is 0 Å². The van der Waals surface area contributed by atoms with Crippen LogP contribution < -0.4 is 10.9 Å². The van der Waals surface area contributed by atoms with Gasteiger partial charge in [0.05, 0.1) is 0 Å². The van der Waals surface area contributed by atoms with Crippen molar-refractivity contribution in [2.45, 2.75) is 32.9 Å². The van der Waals surface area contributed by atoms with Crippen LogP contribution in [-0.2, 0) is 17.8 Å². The third-order valence-corrected chi connectivity index (χ3v) is 2.59. The van der Waals surface area contributed by atoms with Gasteiger partial charge in [0.25, 0.3) is 5.56 Å². The van der Waals surface area contributed by atoms with E-state index in [1.165, 1.54) is 0 Å². The van der Waals surface area contributed by atoms with Crippen LogP contribution >= 0.6 is 0 Å². The molecule has 0 saturated heterocycles. The van der Waals surface area contributed by atoms with Gasteiger partial charge in [0.15, 0.2) is 0 Å². The summed E-state index contributed by atoms with van der Waals surface area (Å²) in [6.07, 6.45) is 3.78. The maximum Gasteiger partial charge on any atom is 0.255 e. The second-order valence-electron chi connectivity index (χ2n) is 4.06. The monoisotopic (exact) mass is 238 g/mol. The molecule has 0 aliphatic heterocycles. The average Bonchev–Trinajstić information content (AvgIpc) is 2.34. The molecule has 0 unspecified atom stereocenters. The van der Waals surface area contributed by atoms with E-state index in [1.54, 1.807) is 11.7 Å². The smallest absolute Gasteiger partial charge is 0.255 e. The van der Waals surface area contributed by atoms with E-state index in [1.807, 2.05) is 18.3 Å². The SMILES string of the molecule is CCCNCc1cccn(CCCOC)c1=O. The predicted molar refractivity (Wildman–Crippen MR) is 69.2 cm³/mol. The number of pyridine rings is 1. The summed E-state index contributed by atoms with van der Waals surface area (Å²) in [5, 5.41) is 3.25. The van der Waals surface area contributed by atoms with Crippen molar-refractivity contribution in [1.82, 2.24) is 9.88 Å². The van der Waals surface area contributed by atoms with Crippen LogP contribution in [0.3, 0.4) is 0 Å². The molecule has 4 heteroatoms. The molecule has 0 fully saturated rings. The lowest BCUT2D eigenvalue weighted by Gasteiger charge is -2.08. The molecule has 0 aliphatic rings. The highest BCUT2D eigenvalue weighted by molar-refractivity contribution is 5.10. The zero-order chi connectivity index (χ0) is 12.5. The van der Waals surface area contributed by atoms with Gasteiger partial charge in [-0.25, -0.2) is 0 Å². The van der Waals surface area contributed by atoms with Crippen LogP contribution in [0.2, 0.25) is 0 Å². The van der Waals surface area contributed by atoms with E-state index in [0.29, 0.717) is 19.7 Å². The van der Waals surface area contributed by atoms with E-state index in [4.69, 9.17) is 4.74 Å². The molecule has 4 nitrogen and oxygen atoms in total. The van der Waals surface area contributed by atoms with Crippen LogP contribution in [0.25, 0.3) is 0 Å². The summed E-state index contributed by atoms with van der Waals surface area (Å²) < 4.78 is 6.74. The predicted octanol–water partition coefficient (Wildman–Crippen LogP) is 1.38. The fraction of sp³-hybridized carbons (Fsp3) is 0.615. The Hall–Kier alpha value is -1.13. The lowest BCUT2D eigenvalue weighted by atomic mass is 10.2. The maximum absolute atomic E-state index is 12.0. The molecule has 1 aromatic rings. The summed E-state index contributed by atoms with van der Waals surface area (Å²) in [7, 11) is 1.67. The molecule has 1 rings (SSSR count). The fourth-order valence-corrected chi connectivity index (χ4v) is 1.68. The number of nitrogens with zero attached hydrogens (tertiary/aromatic N) is 1. The summed E-state index contributed by atoms with van der Waals surface area (Å²) in [5.41, 5.74) is 0.936. The Kier molecular flexibility index (Phi) is 6.58. The van der Waals surface area contributed by atoms with Crippen LogP contribution in [0.15, 0.2) is 23.1 Å². The highest BCUT2D eigenvalue weighted by atomic mass is 16.5. The molecule has 1 heterocycles. The van der Waals surface area contributed by atoms with Gasteiger partial charge in [0.2, 0.25) is 0 Å². The fourth-order valence-electron chi connectivity index (χ4n) is 1.68. The summed E-state index contributed by atoms with van der Waals surface area (Å²) in [6.45, 7) is 5.11. The molecule has 0 amide bonds. The Labute approximate surface area is 103 Å². The van der Waals surface area contributed by atoms with E-state index >= 15 is 0 Å². The third-order valence-electron chi connectivity index (χ3n) is 2.59. The summed E-state index contributed by atoms with van der Waals surface area (Å²) in [5.74, 6) is 0. The zero-order valence-electron chi connectivity index (χ0n) is 10.7. The van der Waals surface area contributed by atoms with Crippen LogP contribution in [0.1, 0.15) is 25.3 Å². The van der Waals surface area contributed by atoms with E-state index in [0.717, 1.165) is 24.9 Å². The second-order valence-corrected chi connectivity index (χ2v) is 4.06. The first-order valence-corrected chi connectivity index (χ1v) is 6.17. The molecular formula is C13H22N2O2. The van der Waals surface area contributed by atoms with Gasteiger partial charge < -0.3 is 14.6 Å². The number of nitrogens with one attached hydrogen (secondary N) is 1. The quantitative estimate of drug-likeness (QED) is 0.696. The lowest BCUT2D eigenvalue weighted by molar-refractivity contribution is 0.190. The number of methoxy groups -OCH3 is 1. The minimum absolute atomic E-state index is 0.104. The van der Waals surface area contributed by atoms with Crippen LogP contribution in [0, 0.1) is 0 Å². The molecule has 0 aromatic carbocycles. The van der Waals surface area contributed by atoms with Crippen LogP contribution in [0.5, 0.6) is 0 Å². The highest BCUT2D eigenvalue weighted by Crippen LogP contribution is 1.94. The van der Waals surface area contributed by atoms with Gasteiger partial charge >= 0.3 is 0 Å². The van der Waals surface area contributed by atoms with Crippen molar-refractivity contribution in [1.29, 1.82) is 0 Å². The third kappa shape index (κ3) is 4.71. The van der Waals surface area contributed by atoms with Gasteiger partial charge in [0.1, 0.15) is 0 Å². The maximum atomic E-state index is 12.0. The second kappa shape index (κ2) is 8.03. The van der Waals surface area contributed by atoms with Crippen molar-refractivity contribution in [3.05, 3.63) is 34.2 Å². The molecule has 0 atom stereocenters. The number of aryl methyl sites for hydroxylation is 1. The first-order chi connectivity index (χ1) is 8.29. The summed E-state index contributed by atoms with van der Waals surface area (Å²) in [4.78, 5) is 12.0. The van der Waals surface area contributed by atoms with Crippen molar-refractivity contribution in [2.75, 3.05) is 20.3 Å². The molecule has 0 aliphatic carbocycles. The standard InChI is InChI=1S/C13H22N2O2/c1-3-7-14-11-12-6-4-8-15(13(12)16)9-5-10-17-2/h4,6,8,14H,3,5,7,9-11H2,1-2H3. The van der Waals surface area contributed by atoms with Gasteiger partial charge in [0, 0.05) is 38.6 Å². The van der Waals surface area contributed by atoms with Crippen molar-refractivity contribution >= 4 is 0 Å². The number of aromatic nitrogens is 1. The zero-order valence-corrected chi connectivity index (χ0v) is 10.7. The van der Waals surface area contributed by atoms with Crippen molar-refractivity contribution < 1.29 is 4.74 Å². The molecule has 96 valence electrons. The lowest BCUT2D eigenvalue weighted by Crippen LogP contribution is -2.27. The average molecular weight is 238 g/mol. The van der Waals surface area contributed by atoms with Gasteiger partial charge in [-0.05, 0) is 25.5 Å². The molecule has 0 saturated carbocycles. The first kappa shape index (κ1) is 13.9. The Morgan fingerprint density at radius 3 is 3.00 bits per heavy atom. The minimum Gasteiger partial charge on any atom is -0.385 e. The topological polar surface area (TPSA) is 43.3 Å². The van der Waals surface area contributed by atoms with Gasteiger partial charge in [-0.15, -0.1) is 0 Å². The van der Waals surface area contributed by atoms with Crippen molar-refractivity contribution in [2.24, 2.45) is 0 Å². The normalized spacial score (nSPS) is 10.7. The Bertz CT molecular complexity index is 343. The molecule has 1 aromatic heterocycles. The summed E-state index contributed by atoms with van der Waals surface area (Å²) >= 11 is 0. The minimum atomic E-state index is 0.104. The Morgan fingerprint density at radius 1 is 1.47 bits per heavy atom. The molecule has 0 spiro atoms. The van der Waals surface area contributed by atoms with Gasteiger partial charge in [-0.3, -0.25) is 4.79 Å². The van der Waals surface area contributed by atoms with Gasteiger partial charge in [-0.1, -0.05) is 13.0 Å². The molecule has 17 heavy (non-hydrogen) atoms. The summed E-state index contributed by atoms with van der Waals surface area (Å²) in [6, 6.07) is 3.81. The number of rotatable bonds is 8. The number of hydrogen-bond donors (Lipinski definition) is 1. The molecule has 1 N–H and O–H groups in total. The molecule has 0 radical (unpaired) electrons. The van der Waals surface area contributed by atoms with E-state index in [-0.39, 0.29) is 5.56 Å². The van der Waals surface area contributed by atoms with Crippen LogP contribution in [-0.4, -0.2) is 24.8 Å². The molecular weight excluding hydrogens is 216 g/mol.